The van der Waals surface area contributed by atoms with Crippen LogP contribution in [0.1, 0.15) is 73.3 Å². The lowest BCUT2D eigenvalue weighted by molar-refractivity contribution is -0.0851. The largest absolute Gasteiger partial charge is 0.375 e. The van der Waals surface area contributed by atoms with Crippen LogP contribution in [0.2, 0.25) is 0 Å². The molecule has 5 heteroatoms. The quantitative estimate of drug-likeness (QED) is 0.580. The van der Waals surface area contributed by atoms with Gasteiger partial charge in [0.2, 0.25) is 0 Å². The van der Waals surface area contributed by atoms with Crippen LogP contribution in [0.5, 0.6) is 0 Å². The summed E-state index contributed by atoms with van der Waals surface area (Å²) >= 11 is 0. The number of unbranched alkanes of at least 4 members (excludes halogenated alkanes) is 1. The first-order valence-corrected chi connectivity index (χ1v) is 12.0. The number of rotatable bonds is 9. The minimum absolute atomic E-state index is 0.00312. The van der Waals surface area contributed by atoms with E-state index in [-0.39, 0.29) is 23.3 Å². The van der Waals surface area contributed by atoms with Gasteiger partial charge >= 0.3 is 0 Å². The molecule has 2 unspecified atom stereocenters. The van der Waals surface area contributed by atoms with Gasteiger partial charge in [0, 0.05) is 30.3 Å². The molecule has 2 atom stereocenters. The number of benzene rings is 1. The average molecular weight is 429 g/mol. The molecule has 0 bridgehead atoms. The van der Waals surface area contributed by atoms with Gasteiger partial charge < -0.3 is 25.6 Å². The van der Waals surface area contributed by atoms with Crippen molar-refractivity contribution in [3.05, 3.63) is 35.5 Å². The third-order valence-electron chi connectivity index (χ3n) is 7.15. The minimum Gasteiger partial charge on any atom is -0.375 e. The summed E-state index contributed by atoms with van der Waals surface area (Å²) in [6.07, 6.45) is 3.61. The molecule has 174 valence electrons. The first kappa shape index (κ1) is 23.9. The van der Waals surface area contributed by atoms with Crippen molar-refractivity contribution in [2.45, 2.75) is 85.7 Å². The summed E-state index contributed by atoms with van der Waals surface area (Å²) in [5.74, 6) is 0.474. The second-order valence-electron chi connectivity index (χ2n) is 11.0. The molecule has 2 heterocycles. The van der Waals surface area contributed by atoms with Crippen molar-refractivity contribution in [2.75, 3.05) is 25.1 Å². The van der Waals surface area contributed by atoms with Crippen molar-refractivity contribution < 1.29 is 4.74 Å². The molecule has 5 nitrogen and oxygen atoms in total. The van der Waals surface area contributed by atoms with E-state index in [0.717, 1.165) is 25.3 Å². The molecule has 0 spiro atoms. The Labute approximate surface area is 190 Å². The smallest absolute Gasteiger partial charge is 0.120 e. The van der Waals surface area contributed by atoms with E-state index in [0.29, 0.717) is 5.92 Å². The lowest BCUT2D eigenvalue weighted by Crippen LogP contribution is -2.47. The van der Waals surface area contributed by atoms with E-state index in [1.165, 1.54) is 29.8 Å². The van der Waals surface area contributed by atoms with E-state index in [2.05, 4.69) is 94.9 Å². The van der Waals surface area contributed by atoms with Crippen molar-refractivity contribution in [3.8, 4) is 0 Å². The zero-order valence-electron chi connectivity index (χ0n) is 21.0. The van der Waals surface area contributed by atoms with Crippen LogP contribution in [0.15, 0.2) is 30.0 Å². The second-order valence-corrected chi connectivity index (χ2v) is 11.0. The minimum atomic E-state index is -0.154. The van der Waals surface area contributed by atoms with Gasteiger partial charge in [0.15, 0.2) is 0 Å². The highest BCUT2D eigenvalue weighted by atomic mass is 16.5. The molecule has 0 radical (unpaired) electrons. The predicted molar refractivity (Wildman–Crippen MR) is 132 cm³/mol. The highest BCUT2D eigenvalue weighted by molar-refractivity contribution is 5.83. The van der Waals surface area contributed by atoms with E-state index < -0.39 is 0 Å². The Morgan fingerprint density at radius 2 is 1.84 bits per heavy atom. The summed E-state index contributed by atoms with van der Waals surface area (Å²) in [6, 6.07) is 8.64. The Bertz CT molecular complexity index is 798. The highest BCUT2D eigenvalue weighted by Crippen LogP contribution is 2.43. The highest BCUT2D eigenvalue weighted by Gasteiger charge is 2.42. The van der Waals surface area contributed by atoms with Crippen LogP contribution in [0.4, 0.5) is 5.69 Å². The fraction of sp³-hybridized carbons (Fsp3) is 0.692. The number of anilines is 1. The monoisotopic (exact) mass is 428 g/mol. The predicted octanol–water partition coefficient (Wildman–Crippen LogP) is 4.99. The van der Waals surface area contributed by atoms with Gasteiger partial charge in [-0.3, -0.25) is 0 Å². The van der Waals surface area contributed by atoms with Crippen molar-refractivity contribution in [2.24, 2.45) is 17.1 Å². The third-order valence-corrected chi connectivity index (χ3v) is 7.15. The summed E-state index contributed by atoms with van der Waals surface area (Å²) in [5.41, 5.74) is 11.5. The van der Waals surface area contributed by atoms with Gasteiger partial charge in [0.25, 0.3) is 0 Å². The first-order valence-electron chi connectivity index (χ1n) is 12.0. The Morgan fingerprint density at radius 1 is 1.16 bits per heavy atom. The van der Waals surface area contributed by atoms with Crippen LogP contribution >= 0.6 is 0 Å². The summed E-state index contributed by atoms with van der Waals surface area (Å²) in [5, 5.41) is 3.81. The van der Waals surface area contributed by atoms with E-state index in [9.17, 15) is 0 Å². The molecule has 1 aromatic rings. The van der Waals surface area contributed by atoms with E-state index in [1.54, 1.807) is 0 Å². The van der Waals surface area contributed by atoms with Gasteiger partial charge in [0.05, 0.1) is 29.8 Å². The zero-order valence-corrected chi connectivity index (χ0v) is 21.0. The molecule has 2 aliphatic heterocycles. The normalized spacial score (nSPS) is 21.5. The Hall–Kier alpha value is -1.72. The maximum absolute atomic E-state index is 6.70. The van der Waals surface area contributed by atoms with Gasteiger partial charge in [-0.05, 0) is 38.7 Å². The molecule has 3 rings (SSSR count). The number of hydrogen-bond acceptors (Lipinski definition) is 5. The molecule has 2 aliphatic rings. The SMILES string of the molecule is CCCCC1NC2=C(c3ccccc3N(C)C2N)N1CC(C)(C)COC(C)(C)C(C)C. The third kappa shape index (κ3) is 4.88. The second kappa shape index (κ2) is 9.03. The van der Waals surface area contributed by atoms with Crippen molar-refractivity contribution in [3.63, 3.8) is 0 Å². The topological polar surface area (TPSA) is 53.8 Å². The molecule has 0 fully saturated rings. The van der Waals surface area contributed by atoms with Crippen molar-refractivity contribution >= 4 is 11.4 Å². The number of fused-ring (bicyclic) bond motifs is 2. The van der Waals surface area contributed by atoms with Crippen LogP contribution in [0.25, 0.3) is 5.70 Å². The zero-order chi connectivity index (χ0) is 23.0. The van der Waals surface area contributed by atoms with Crippen LogP contribution in [-0.4, -0.2) is 43.0 Å². The number of nitrogens with zero attached hydrogens (tertiary/aromatic N) is 2. The van der Waals surface area contributed by atoms with Gasteiger partial charge in [-0.2, -0.15) is 0 Å². The molecule has 31 heavy (non-hydrogen) atoms. The van der Waals surface area contributed by atoms with Gasteiger partial charge in [-0.15, -0.1) is 0 Å². The summed E-state index contributed by atoms with van der Waals surface area (Å²) in [4.78, 5) is 4.75. The summed E-state index contributed by atoms with van der Waals surface area (Å²) in [7, 11) is 2.09. The Balaban J connectivity index is 1.90. The van der Waals surface area contributed by atoms with Gasteiger partial charge in [-0.25, -0.2) is 0 Å². The Morgan fingerprint density at radius 3 is 2.48 bits per heavy atom. The van der Waals surface area contributed by atoms with E-state index >= 15 is 0 Å². The number of ether oxygens (including phenoxy) is 1. The molecular formula is C26H44N4O. The molecule has 0 saturated carbocycles. The number of likely N-dealkylation sites (N-methyl/N-ethyl adjacent to an activating group) is 1. The van der Waals surface area contributed by atoms with Crippen molar-refractivity contribution in [1.29, 1.82) is 0 Å². The molecule has 1 aromatic carbocycles. The molecule has 0 amide bonds. The summed E-state index contributed by atoms with van der Waals surface area (Å²) in [6.45, 7) is 17.4. The van der Waals surface area contributed by atoms with E-state index in [4.69, 9.17) is 10.5 Å². The lowest BCUT2D eigenvalue weighted by atomic mass is 9.90. The van der Waals surface area contributed by atoms with Crippen LogP contribution in [0, 0.1) is 11.3 Å². The molecule has 0 aromatic heterocycles. The van der Waals surface area contributed by atoms with E-state index in [1.807, 2.05) is 0 Å². The van der Waals surface area contributed by atoms with Crippen LogP contribution in [0.3, 0.4) is 0 Å². The molecule has 0 saturated heterocycles. The Kier molecular flexibility index (Phi) is 6.97. The number of hydrogen-bond donors (Lipinski definition) is 2. The molecule has 0 aliphatic carbocycles. The summed E-state index contributed by atoms with van der Waals surface area (Å²) < 4.78 is 6.43. The standard InChI is InChI=1S/C26H44N4O/c1-9-10-15-21-28-22-23(19-13-11-12-14-20(19)29(8)24(22)27)30(21)16-25(4,5)17-31-26(6,7)18(2)3/h11-14,18,21,24,28H,9-10,15-17,27H2,1-8H3. The number of nitrogens with two attached hydrogens (primary N) is 1. The van der Waals surface area contributed by atoms with Crippen LogP contribution < -0.4 is 16.0 Å². The van der Waals surface area contributed by atoms with Crippen molar-refractivity contribution in [1.82, 2.24) is 10.2 Å². The van der Waals surface area contributed by atoms with Gasteiger partial charge in [-0.1, -0.05) is 59.2 Å². The average Bonchev–Trinajstić information content (AvgIpc) is 3.07. The molecular weight excluding hydrogens is 384 g/mol. The van der Waals surface area contributed by atoms with Gasteiger partial charge in [0.1, 0.15) is 6.17 Å². The first-order chi connectivity index (χ1) is 14.5. The van der Waals surface area contributed by atoms with Crippen LogP contribution in [-0.2, 0) is 4.74 Å². The fourth-order valence-electron chi connectivity index (χ4n) is 4.36. The maximum Gasteiger partial charge on any atom is 0.120 e. The number of para-hydroxylation sites is 1. The fourth-order valence-corrected chi connectivity index (χ4v) is 4.36. The number of nitrogens with one attached hydrogen (secondary N) is 1. The molecule has 3 N–H and O–H groups in total. The lowest BCUT2D eigenvalue weighted by Gasteiger charge is -2.40. The maximum atomic E-state index is 6.70.